The van der Waals surface area contributed by atoms with Crippen molar-refractivity contribution < 1.29 is 14.4 Å². The number of hydrogen-bond acceptors (Lipinski definition) is 4. The molecule has 0 saturated carbocycles. The molecular formula is C16H16N2O3. The Morgan fingerprint density at radius 1 is 1.05 bits per heavy atom. The fourth-order valence-corrected chi connectivity index (χ4v) is 1.85. The van der Waals surface area contributed by atoms with Crippen LogP contribution in [0.2, 0.25) is 0 Å². The number of nitrogens with zero attached hydrogens (tertiary/aromatic N) is 1. The lowest BCUT2D eigenvalue weighted by Crippen LogP contribution is -2.14. The van der Waals surface area contributed by atoms with Crippen molar-refractivity contribution in [1.29, 1.82) is 0 Å². The highest BCUT2D eigenvalue weighted by molar-refractivity contribution is 6.21. The van der Waals surface area contributed by atoms with Crippen molar-refractivity contribution in [2.45, 2.75) is 20.8 Å². The molecule has 1 aliphatic rings. The molecule has 5 nitrogen and oxygen atoms in total. The monoisotopic (exact) mass is 284 g/mol. The molecule has 0 aliphatic heterocycles. The van der Waals surface area contributed by atoms with Crippen LogP contribution in [0, 0.1) is 6.92 Å². The molecule has 0 unspecified atom stereocenters. The minimum atomic E-state index is -0.680. The molecule has 108 valence electrons. The maximum absolute atomic E-state index is 11.6. The zero-order valence-electron chi connectivity index (χ0n) is 12.1. The Morgan fingerprint density at radius 3 is 2.19 bits per heavy atom. The predicted molar refractivity (Wildman–Crippen MR) is 81.2 cm³/mol. The van der Waals surface area contributed by atoms with Gasteiger partial charge < -0.3 is 0 Å². The van der Waals surface area contributed by atoms with Crippen molar-refractivity contribution in [3.8, 4) is 0 Å². The van der Waals surface area contributed by atoms with Gasteiger partial charge in [-0.05, 0) is 56.2 Å². The third-order valence-corrected chi connectivity index (χ3v) is 2.98. The van der Waals surface area contributed by atoms with Gasteiger partial charge in [0.2, 0.25) is 0 Å². The van der Waals surface area contributed by atoms with Gasteiger partial charge in [-0.1, -0.05) is 22.9 Å². The first-order chi connectivity index (χ1) is 9.95. The third kappa shape index (κ3) is 3.89. The van der Waals surface area contributed by atoms with E-state index in [1.165, 1.54) is 0 Å². The molecule has 0 aromatic heterocycles. The molecule has 0 fully saturated rings. The van der Waals surface area contributed by atoms with E-state index in [0.29, 0.717) is 22.5 Å². The van der Waals surface area contributed by atoms with E-state index in [9.17, 15) is 9.59 Å². The lowest BCUT2D eigenvalue weighted by atomic mass is 9.98. The smallest absolute Gasteiger partial charge is 0.297 e. The van der Waals surface area contributed by atoms with Crippen LogP contribution in [0.15, 0.2) is 52.7 Å². The van der Waals surface area contributed by atoms with Gasteiger partial charge in [0, 0.05) is 5.69 Å². The van der Waals surface area contributed by atoms with Gasteiger partial charge in [-0.25, -0.2) is 4.79 Å². The van der Waals surface area contributed by atoms with Crippen molar-refractivity contribution >= 4 is 23.3 Å². The summed E-state index contributed by atoms with van der Waals surface area (Å²) >= 11 is 0. The Bertz CT molecular complexity index is 643. The van der Waals surface area contributed by atoms with Crippen LogP contribution < -0.4 is 5.32 Å². The minimum absolute atomic E-state index is 0.0296. The molecule has 21 heavy (non-hydrogen) atoms. The zero-order valence-corrected chi connectivity index (χ0v) is 12.1. The number of hydrogen-bond donors (Lipinski definition) is 1. The van der Waals surface area contributed by atoms with Gasteiger partial charge in [0.05, 0.1) is 0 Å². The van der Waals surface area contributed by atoms with Crippen LogP contribution in [-0.4, -0.2) is 17.6 Å². The molecule has 0 heterocycles. The van der Waals surface area contributed by atoms with E-state index in [4.69, 9.17) is 4.84 Å². The van der Waals surface area contributed by atoms with Crippen LogP contribution in [0.25, 0.3) is 0 Å². The summed E-state index contributed by atoms with van der Waals surface area (Å²) in [4.78, 5) is 28.0. The summed E-state index contributed by atoms with van der Waals surface area (Å²) in [5.41, 5.74) is 3.29. The maximum atomic E-state index is 11.6. The molecule has 0 radical (unpaired) electrons. The molecule has 1 N–H and O–H groups in total. The SMILES string of the molecule is CC1=CC(=NOC(=O)Nc2ccc(C)cc2)C=C(C)C1=O. The maximum Gasteiger partial charge on any atom is 0.437 e. The van der Waals surface area contributed by atoms with Crippen molar-refractivity contribution in [2.24, 2.45) is 5.16 Å². The van der Waals surface area contributed by atoms with E-state index >= 15 is 0 Å². The van der Waals surface area contributed by atoms with E-state index in [1.807, 2.05) is 19.1 Å². The number of aryl methyl sites for hydroxylation is 1. The number of oxime groups is 1. The first-order valence-corrected chi connectivity index (χ1v) is 6.49. The summed E-state index contributed by atoms with van der Waals surface area (Å²) < 4.78 is 0. The van der Waals surface area contributed by atoms with Crippen LogP contribution in [0.5, 0.6) is 0 Å². The number of amides is 1. The van der Waals surface area contributed by atoms with Crippen molar-refractivity contribution in [3.05, 3.63) is 53.1 Å². The fourth-order valence-electron chi connectivity index (χ4n) is 1.85. The second-order valence-corrected chi connectivity index (χ2v) is 4.87. The molecule has 1 aromatic carbocycles. The molecule has 0 atom stereocenters. The number of carbonyl (C=O) groups excluding carboxylic acids is 2. The minimum Gasteiger partial charge on any atom is -0.297 e. The van der Waals surface area contributed by atoms with Gasteiger partial charge in [0.15, 0.2) is 5.78 Å². The number of rotatable bonds is 2. The van der Waals surface area contributed by atoms with Crippen LogP contribution in [-0.2, 0) is 9.63 Å². The summed E-state index contributed by atoms with van der Waals surface area (Å²) in [6.07, 6.45) is 2.48. The second-order valence-electron chi connectivity index (χ2n) is 4.87. The number of anilines is 1. The van der Waals surface area contributed by atoms with Crippen molar-refractivity contribution in [2.75, 3.05) is 5.32 Å². The number of carbonyl (C=O) groups is 2. The van der Waals surface area contributed by atoms with Crippen molar-refractivity contribution in [1.82, 2.24) is 0 Å². The van der Waals surface area contributed by atoms with E-state index < -0.39 is 6.09 Å². The molecule has 1 aliphatic carbocycles. The summed E-state index contributed by atoms with van der Waals surface area (Å²) in [6, 6.07) is 7.31. The normalized spacial score (nSPS) is 14.2. The predicted octanol–water partition coefficient (Wildman–Crippen LogP) is 3.37. The number of Topliss-reactive ketones (excluding diaryl/α,β-unsaturated/α-hetero) is 1. The fraction of sp³-hybridized carbons (Fsp3) is 0.188. The van der Waals surface area contributed by atoms with Gasteiger partial charge >= 0.3 is 6.09 Å². The van der Waals surface area contributed by atoms with Gasteiger partial charge in [0.25, 0.3) is 0 Å². The summed E-state index contributed by atoms with van der Waals surface area (Å²) in [5.74, 6) is -0.0296. The first-order valence-electron chi connectivity index (χ1n) is 6.49. The Labute approximate surface area is 123 Å². The van der Waals surface area contributed by atoms with E-state index in [1.54, 1.807) is 38.1 Å². The molecule has 2 rings (SSSR count). The highest BCUT2D eigenvalue weighted by Gasteiger charge is 2.14. The number of allylic oxidation sites excluding steroid dienone is 4. The molecule has 5 heteroatoms. The largest absolute Gasteiger partial charge is 0.437 e. The Kier molecular flexibility index (Phi) is 4.33. The van der Waals surface area contributed by atoms with Crippen LogP contribution in [0.3, 0.4) is 0 Å². The summed E-state index contributed by atoms with van der Waals surface area (Å²) in [7, 11) is 0. The lowest BCUT2D eigenvalue weighted by molar-refractivity contribution is -0.112. The Balaban J connectivity index is 1.99. The van der Waals surface area contributed by atoms with Gasteiger partial charge in [-0.15, -0.1) is 0 Å². The van der Waals surface area contributed by atoms with Crippen molar-refractivity contribution in [3.63, 3.8) is 0 Å². The standard InChI is InChI=1S/C16H16N2O3/c1-10-4-6-13(7-5-10)17-16(20)21-18-14-8-11(2)15(19)12(3)9-14/h4-9H,1-3H3,(H,17,20). The second kappa shape index (κ2) is 6.17. The topological polar surface area (TPSA) is 67.8 Å². The molecule has 0 saturated heterocycles. The lowest BCUT2D eigenvalue weighted by Gasteiger charge is -2.08. The Hall–Kier alpha value is -2.69. The Morgan fingerprint density at radius 2 is 1.62 bits per heavy atom. The number of ketones is 1. The van der Waals surface area contributed by atoms with Crippen LogP contribution in [0.1, 0.15) is 19.4 Å². The molecule has 1 aromatic rings. The highest BCUT2D eigenvalue weighted by Crippen LogP contribution is 2.13. The average Bonchev–Trinajstić information content (AvgIpc) is 2.45. The van der Waals surface area contributed by atoms with Gasteiger partial charge in [-0.2, -0.15) is 0 Å². The summed E-state index contributed by atoms with van der Waals surface area (Å²) in [5, 5.41) is 6.30. The zero-order chi connectivity index (χ0) is 15.4. The van der Waals surface area contributed by atoms with Gasteiger partial charge in [0.1, 0.15) is 5.71 Å². The highest BCUT2D eigenvalue weighted by atomic mass is 16.7. The third-order valence-electron chi connectivity index (χ3n) is 2.98. The van der Waals surface area contributed by atoms with E-state index in [-0.39, 0.29) is 5.78 Å². The van der Waals surface area contributed by atoms with Crippen LogP contribution >= 0.6 is 0 Å². The van der Waals surface area contributed by atoms with Gasteiger partial charge in [-0.3, -0.25) is 14.9 Å². The molecule has 1 amide bonds. The quantitative estimate of drug-likeness (QED) is 0.514. The average molecular weight is 284 g/mol. The number of nitrogens with one attached hydrogen (secondary N) is 1. The molecule has 0 spiro atoms. The van der Waals surface area contributed by atoms with E-state index in [2.05, 4.69) is 10.5 Å². The summed E-state index contributed by atoms with van der Waals surface area (Å²) in [6.45, 7) is 5.35. The van der Waals surface area contributed by atoms with E-state index in [0.717, 1.165) is 5.56 Å². The first kappa shape index (κ1) is 14.7. The molecular weight excluding hydrogens is 268 g/mol. The molecule has 0 bridgehead atoms. The number of benzene rings is 1. The van der Waals surface area contributed by atoms with Crippen LogP contribution in [0.4, 0.5) is 10.5 Å².